The molecule has 0 amide bonds. The predicted octanol–water partition coefficient (Wildman–Crippen LogP) is 3.08. The van der Waals surface area contributed by atoms with E-state index in [9.17, 15) is 17.4 Å². The molecule has 0 aromatic heterocycles. The highest BCUT2D eigenvalue weighted by molar-refractivity contribution is 8.10. The second-order valence-corrected chi connectivity index (χ2v) is 7.71. The molecule has 0 bridgehead atoms. The smallest absolute Gasteiger partial charge is 0.232 e. The largest absolute Gasteiger partial charge is 0.486 e. The first-order valence-electron chi connectivity index (χ1n) is 2.52. The Balaban J connectivity index is 4.30. The summed E-state index contributed by atoms with van der Waals surface area (Å²) in [5.74, 6) is 0. The van der Waals surface area contributed by atoms with Crippen LogP contribution < -0.4 is 0 Å². The van der Waals surface area contributed by atoms with Crippen molar-refractivity contribution in [2.45, 2.75) is 8.63 Å². The van der Waals surface area contributed by atoms with Gasteiger partial charge in [0.2, 0.25) is 11.0 Å². The quantitative estimate of drug-likeness (QED) is 0.576. The van der Waals surface area contributed by atoms with E-state index in [1.165, 1.54) is 0 Å². The molecule has 0 fully saturated rings. The second kappa shape index (κ2) is 4.76. The van der Waals surface area contributed by atoms with Gasteiger partial charge in [-0.25, -0.2) is 4.21 Å². The third-order valence-corrected chi connectivity index (χ3v) is 3.24. The van der Waals surface area contributed by atoms with Crippen molar-refractivity contribution in [1.29, 1.82) is 0 Å². The number of rotatable bonds is 2. The second-order valence-electron chi connectivity index (χ2n) is 1.67. The lowest BCUT2D eigenvalue weighted by molar-refractivity contribution is -0.0407. The third kappa shape index (κ3) is 6.24. The number of alkyl halides is 6. The summed E-state index contributed by atoms with van der Waals surface area (Å²) >= 11 is 15.7. The summed E-state index contributed by atoms with van der Waals surface area (Å²) in [5, 5.41) is 0. The first kappa shape index (κ1) is 14.1. The Labute approximate surface area is 94.4 Å². The zero-order valence-corrected chi connectivity index (χ0v) is 9.84. The highest BCUT2D eigenvalue weighted by atomic mass is 35.6. The van der Waals surface area contributed by atoms with Crippen LogP contribution in [0, 0.1) is 0 Å². The molecule has 0 N–H and O–H groups in total. The van der Waals surface area contributed by atoms with E-state index in [0.717, 1.165) is 7.05 Å². The molecular weight excluding hydrogens is 294 g/mol. The molecule has 0 saturated heterocycles. The van der Waals surface area contributed by atoms with Gasteiger partial charge in [-0.15, -0.1) is 0 Å². The topological polar surface area (TPSA) is 20.3 Å². The molecule has 10 heteroatoms. The van der Waals surface area contributed by atoms with E-state index in [1.807, 2.05) is 0 Å². The lowest BCUT2D eigenvalue weighted by Crippen LogP contribution is -2.29. The maximum atomic E-state index is 11.8. The Kier molecular flexibility index (Phi) is 5.17. The first-order valence-corrected chi connectivity index (χ1v) is 5.54. The van der Waals surface area contributed by atoms with Gasteiger partial charge in [-0.1, -0.05) is 34.8 Å². The van der Waals surface area contributed by atoms with Crippen molar-refractivity contribution in [3.05, 3.63) is 0 Å². The van der Waals surface area contributed by atoms with Gasteiger partial charge in [0.05, 0.1) is 0 Å². The monoisotopic (exact) mass is 295 g/mol. The number of nitrogens with zero attached hydrogens (tertiary/aromatic N) is 1. The molecule has 1 unspecified atom stereocenters. The zero-order valence-electron chi connectivity index (χ0n) is 5.94. The van der Waals surface area contributed by atoms with Crippen LogP contribution in [0.1, 0.15) is 0 Å². The molecule has 0 aliphatic heterocycles. The summed E-state index contributed by atoms with van der Waals surface area (Å²) in [6.07, 6.45) is 0. The van der Waals surface area contributed by atoms with Gasteiger partial charge in [0.25, 0.3) is 3.12 Å². The maximum absolute atomic E-state index is 11.8. The molecule has 0 aromatic carbocycles. The van der Waals surface area contributed by atoms with Crippen molar-refractivity contribution in [1.82, 2.24) is 3.71 Å². The van der Waals surface area contributed by atoms with Gasteiger partial charge in [0.15, 0.2) is 0 Å². The van der Waals surface area contributed by atoms with Crippen LogP contribution in [0.2, 0.25) is 0 Å². The van der Waals surface area contributed by atoms with E-state index < -0.39 is 19.6 Å². The lowest BCUT2D eigenvalue weighted by atomic mass is 11.5. The Morgan fingerprint density at radius 1 is 1.31 bits per heavy atom. The van der Waals surface area contributed by atoms with Crippen LogP contribution in [0.4, 0.5) is 13.2 Å². The standard InChI is InChI=1S/C3H3Cl3F3NOS2/c1-10(12-2(4,5)6)13(11)3(7,8)9/h1H3. The molecule has 2 nitrogen and oxygen atoms in total. The predicted molar refractivity (Wildman–Crippen MR) is 49.8 cm³/mol. The third-order valence-electron chi connectivity index (χ3n) is 0.664. The average molecular weight is 297 g/mol. The zero-order chi connectivity index (χ0) is 10.9. The summed E-state index contributed by atoms with van der Waals surface area (Å²) in [5.41, 5.74) is -4.85. The van der Waals surface area contributed by atoms with Gasteiger partial charge in [0, 0.05) is 7.05 Å². The SMILES string of the molecule is CN(SC(Cl)(Cl)Cl)S(=O)C(F)(F)F. The summed E-state index contributed by atoms with van der Waals surface area (Å²) < 4.78 is 44.3. The van der Waals surface area contributed by atoms with Gasteiger partial charge in [-0.2, -0.15) is 16.9 Å². The fourth-order valence-electron chi connectivity index (χ4n) is 0.325. The van der Waals surface area contributed by atoms with Gasteiger partial charge >= 0.3 is 5.51 Å². The summed E-state index contributed by atoms with van der Waals surface area (Å²) in [4.78, 5) is 0. The molecule has 1 atom stereocenters. The Hall–Kier alpha value is 1.12. The molecule has 0 saturated carbocycles. The first-order chi connectivity index (χ1) is 5.54. The summed E-state index contributed by atoms with van der Waals surface area (Å²) in [6, 6.07) is 0. The van der Waals surface area contributed by atoms with Gasteiger partial charge in [-0.05, 0) is 11.9 Å². The average Bonchev–Trinajstić information content (AvgIpc) is 1.79. The van der Waals surface area contributed by atoms with Crippen LogP contribution in [0.25, 0.3) is 0 Å². The molecule has 0 heterocycles. The van der Waals surface area contributed by atoms with E-state index in [2.05, 4.69) is 0 Å². The van der Waals surface area contributed by atoms with Crippen molar-refractivity contribution < 1.29 is 17.4 Å². The number of halogens is 6. The molecule has 13 heavy (non-hydrogen) atoms. The molecule has 0 aliphatic rings. The molecule has 0 rings (SSSR count). The highest BCUT2D eigenvalue weighted by Gasteiger charge is 2.42. The summed E-state index contributed by atoms with van der Waals surface area (Å²) in [6.45, 7) is 0. The fraction of sp³-hybridized carbons (Fsp3) is 1.00. The number of hydrogen-bond donors (Lipinski definition) is 0. The van der Waals surface area contributed by atoms with E-state index in [4.69, 9.17) is 34.8 Å². The van der Waals surface area contributed by atoms with Crippen LogP contribution in [0.3, 0.4) is 0 Å². The Bertz CT molecular complexity index is 205. The lowest BCUT2D eigenvalue weighted by Gasteiger charge is -2.19. The minimum absolute atomic E-state index is 0.201. The van der Waals surface area contributed by atoms with Crippen LogP contribution in [-0.2, 0) is 11.0 Å². The molecule has 0 radical (unpaired) electrons. The van der Waals surface area contributed by atoms with Crippen molar-refractivity contribution >= 4 is 57.7 Å². The molecule has 80 valence electrons. The maximum Gasteiger partial charge on any atom is 0.486 e. The fourth-order valence-corrected chi connectivity index (χ4v) is 3.07. The molecule has 0 aromatic rings. The van der Waals surface area contributed by atoms with Crippen molar-refractivity contribution in [3.63, 3.8) is 0 Å². The van der Waals surface area contributed by atoms with Gasteiger partial charge in [0.1, 0.15) is 0 Å². The molecule has 0 aliphatic carbocycles. The van der Waals surface area contributed by atoms with Gasteiger partial charge in [-0.3, -0.25) is 0 Å². The number of hydrogen-bond acceptors (Lipinski definition) is 2. The Morgan fingerprint density at radius 3 is 1.92 bits per heavy atom. The Morgan fingerprint density at radius 2 is 1.69 bits per heavy atom. The van der Waals surface area contributed by atoms with Crippen molar-refractivity contribution in [2.75, 3.05) is 7.05 Å². The van der Waals surface area contributed by atoms with E-state index in [1.54, 1.807) is 0 Å². The molecule has 0 spiro atoms. The van der Waals surface area contributed by atoms with Gasteiger partial charge < -0.3 is 0 Å². The van der Waals surface area contributed by atoms with E-state index in [-0.39, 0.29) is 11.9 Å². The van der Waals surface area contributed by atoms with Crippen molar-refractivity contribution in [2.24, 2.45) is 0 Å². The van der Waals surface area contributed by atoms with Crippen LogP contribution in [0.5, 0.6) is 0 Å². The van der Waals surface area contributed by atoms with E-state index >= 15 is 0 Å². The summed E-state index contributed by atoms with van der Waals surface area (Å²) in [7, 11) is -2.27. The van der Waals surface area contributed by atoms with E-state index in [0.29, 0.717) is 3.71 Å². The van der Waals surface area contributed by atoms with Crippen LogP contribution >= 0.6 is 46.8 Å². The van der Waals surface area contributed by atoms with Crippen LogP contribution in [-0.4, -0.2) is 23.6 Å². The normalized spacial score (nSPS) is 16.3. The highest BCUT2D eigenvalue weighted by Crippen LogP contribution is 2.42. The minimum atomic E-state index is -4.85. The van der Waals surface area contributed by atoms with Crippen LogP contribution in [0.15, 0.2) is 0 Å². The molecular formula is C3H3Cl3F3NOS2. The van der Waals surface area contributed by atoms with Crippen molar-refractivity contribution in [3.8, 4) is 0 Å². The minimum Gasteiger partial charge on any atom is -0.232 e.